The Balaban J connectivity index is 0.000000343. The van der Waals surface area contributed by atoms with Gasteiger partial charge in [-0.25, -0.2) is 14.0 Å². The second kappa shape index (κ2) is 10.5. The number of nitrogens with two attached hydrogens (primary N) is 1. The van der Waals surface area contributed by atoms with Crippen LogP contribution in [-0.4, -0.2) is 57.2 Å². The van der Waals surface area contributed by atoms with E-state index in [0.717, 1.165) is 43.4 Å². The van der Waals surface area contributed by atoms with Crippen molar-refractivity contribution in [3.05, 3.63) is 41.9 Å². The lowest BCUT2D eigenvalue weighted by atomic mass is 9.90. The number of fused-ring (bicyclic) bond motifs is 1. The first kappa shape index (κ1) is 23.0. The third-order valence-electron chi connectivity index (χ3n) is 4.90. The van der Waals surface area contributed by atoms with Crippen molar-refractivity contribution in [3.63, 3.8) is 0 Å². The zero-order valence-electron chi connectivity index (χ0n) is 16.5. The van der Waals surface area contributed by atoms with Crippen molar-refractivity contribution in [2.45, 2.75) is 38.1 Å². The predicted octanol–water partition coefficient (Wildman–Crippen LogP) is 2.12. The lowest BCUT2D eigenvalue weighted by molar-refractivity contribution is -0.134. The van der Waals surface area contributed by atoms with Gasteiger partial charge in [0.1, 0.15) is 5.82 Å². The van der Waals surface area contributed by atoms with E-state index in [1.54, 1.807) is 6.07 Å². The molecule has 1 aromatic carbocycles. The maximum atomic E-state index is 13.2. The van der Waals surface area contributed by atoms with E-state index in [1.807, 2.05) is 6.92 Å². The first-order valence-corrected chi connectivity index (χ1v) is 9.45. The van der Waals surface area contributed by atoms with E-state index >= 15 is 0 Å². The number of hydrogen-bond acceptors (Lipinski definition) is 6. The van der Waals surface area contributed by atoms with E-state index < -0.39 is 11.9 Å². The molecular formula is C20H24FN3O6. The second-order valence-electron chi connectivity index (χ2n) is 6.85. The normalized spacial score (nSPS) is 16.2. The Hall–Kier alpha value is -3.27. The van der Waals surface area contributed by atoms with Crippen molar-refractivity contribution < 1.29 is 33.5 Å². The van der Waals surface area contributed by atoms with Crippen LogP contribution in [0.4, 0.5) is 4.39 Å². The molecule has 9 nitrogen and oxygen atoms in total. The topological polar surface area (TPSA) is 147 Å². The first-order valence-electron chi connectivity index (χ1n) is 9.45. The lowest BCUT2D eigenvalue weighted by Gasteiger charge is -2.35. The summed E-state index contributed by atoms with van der Waals surface area (Å²) in [6.07, 6.45) is 3.63. The first-order chi connectivity index (χ1) is 14.2. The summed E-state index contributed by atoms with van der Waals surface area (Å²) in [6.45, 7) is 3.59. The quantitative estimate of drug-likeness (QED) is 0.601. The number of carbonyl (C=O) groups is 3. The number of nitrogens with zero attached hydrogens (tertiary/aromatic N) is 2. The molecule has 1 atom stereocenters. The maximum Gasteiger partial charge on any atom is 0.328 e. The molecule has 1 amide bonds. The summed E-state index contributed by atoms with van der Waals surface area (Å²) in [7, 11) is 0. The van der Waals surface area contributed by atoms with Crippen LogP contribution < -0.4 is 5.73 Å². The summed E-state index contributed by atoms with van der Waals surface area (Å²) < 4.78 is 18.4. The monoisotopic (exact) mass is 421 g/mol. The average Bonchev–Trinajstić information content (AvgIpc) is 3.10. The number of carboxylic acid groups (broad SMARTS) is 2. The minimum Gasteiger partial charge on any atom is -0.478 e. The standard InChI is InChI=1S/C16H20FN3O2.C4H4O4/c1-2-13(16(18)21)20-7-5-10(6-8-20)15-12-4-3-11(17)9-14(12)22-19-15;5-3(6)1-2-4(7)8/h3-4,9-10,13H,2,5-8H2,1H3,(H2,18,21);1-2H,(H,5,6)(H,7,8). The van der Waals surface area contributed by atoms with E-state index in [9.17, 15) is 18.8 Å². The summed E-state index contributed by atoms with van der Waals surface area (Å²) in [5, 5.41) is 20.6. The van der Waals surface area contributed by atoms with Crippen LogP contribution in [0.3, 0.4) is 0 Å². The van der Waals surface area contributed by atoms with Crippen LogP contribution in [0.5, 0.6) is 0 Å². The Morgan fingerprint density at radius 2 is 1.87 bits per heavy atom. The maximum absolute atomic E-state index is 13.2. The fourth-order valence-electron chi connectivity index (χ4n) is 3.49. The molecule has 1 aliphatic rings. The molecule has 1 aliphatic heterocycles. The molecule has 1 unspecified atom stereocenters. The van der Waals surface area contributed by atoms with Gasteiger partial charge in [0.25, 0.3) is 0 Å². The Morgan fingerprint density at radius 1 is 1.27 bits per heavy atom. The fourth-order valence-corrected chi connectivity index (χ4v) is 3.49. The minimum atomic E-state index is -1.26. The van der Waals surface area contributed by atoms with Crippen molar-refractivity contribution in [1.29, 1.82) is 0 Å². The highest BCUT2D eigenvalue weighted by Gasteiger charge is 2.30. The van der Waals surface area contributed by atoms with Gasteiger partial charge < -0.3 is 20.5 Å². The molecule has 2 heterocycles. The molecule has 162 valence electrons. The molecule has 0 spiro atoms. The number of piperidine rings is 1. The minimum absolute atomic E-state index is 0.191. The van der Waals surface area contributed by atoms with Gasteiger partial charge in [0, 0.05) is 29.5 Å². The third-order valence-corrected chi connectivity index (χ3v) is 4.90. The summed E-state index contributed by atoms with van der Waals surface area (Å²) in [5.74, 6) is -2.83. The van der Waals surface area contributed by atoms with E-state index in [4.69, 9.17) is 20.5 Å². The number of aromatic nitrogens is 1. The van der Waals surface area contributed by atoms with Gasteiger partial charge in [-0.1, -0.05) is 12.1 Å². The van der Waals surface area contributed by atoms with Crippen LogP contribution in [0, 0.1) is 5.82 Å². The van der Waals surface area contributed by atoms with E-state index in [0.29, 0.717) is 17.7 Å². The summed E-state index contributed by atoms with van der Waals surface area (Å²) in [4.78, 5) is 32.7. The Bertz CT molecular complexity index is 918. The van der Waals surface area contributed by atoms with Crippen LogP contribution in [0.1, 0.15) is 37.8 Å². The van der Waals surface area contributed by atoms with Crippen molar-refractivity contribution in [1.82, 2.24) is 10.1 Å². The number of halogens is 1. The molecule has 0 bridgehead atoms. The van der Waals surface area contributed by atoms with E-state index in [1.165, 1.54) is 12.1 Å². The number of carboxylic acids is 2. The van der Waals surface area contributed by atoms with E-state index in [2.05, 4.69) is 10.1 Å². The zero-order valence-corrected chi connectivity index (χ0v) is 16.5. The highest BCUT2D eigenvalue weighted by Crippen LogP contribution is 2.33. The predicted molar refractivity (Wildman–Crippen MR) is 105 cm³/mol. The van der Waals surface area contributed by atoms with Gasteiger partial charge in [-0.3, -0.25) is 9.69 Å². The van der Waals surface area contributed by atoms with Crippen molar-refractivity contribution in [2.75, 3.05) is 13.1 Å². The number of benzene rings is 1. The number of carbonyl (C=O) groups excluding carboxylic acids is 1. The molecule has 4 N–H and O–H groups in total. The molecule has 3 rings (SSSR count). The van der Waals surface area contributed by atoms with Crippen LogP contribution in [-0.2, 0) is 14.4 Å². The Kier molecular flexibility index (Phi) is 8.05. The van der Waals surface area contributed by atoms with Gasteiger partial charge in [0.2, 0.25) is 5.91 Å². The van der Waals surface area contributed by atoms with Crippen LogP contribution in [0.25, 0.3) is 11.0 Å². The highest BCUT2D eigenvalue weighted by molar-refractivity contribution is 5.89. The summed E-state index contributed by atoms with van der Waals surface area (Å²) in [5.41, 5.74) is 6.83. The SMILES string of the molecule is CCC(C(N)=O)N1CCC(c2noc3cc(F)ccc23)CC1.O=C(O)C=CC(=O)O. The molecule has 1 fully saturated rings. The third kappa shape index (κ3) is 6.11. The molecular weight excluding hydrogens is 397 g/mol. The smallest absolute Gasteiger partial charge is 0.328 e. The molecule has 0 saturated carbocycles. The summed E-state index contributed by atoms with van der Waals surface area (Å²) in [6, 6.07) is 4.32. The van der Waals surface area contributed by atoms with Crippen molar-refractivity contribution >= 4 is 28.8 Å². The van der Waals surface area contributed by atoms with Crippen LogP contribution in [0.2, 0.25) is 0 Å². The van der Waals surface area contributed by atoms with Gasteiger partial charge in [0.15, 0.2) is 5.58 Å². The second-order valence-corrected chi connectivity index (χ2v) is 6.85. The molecule has 1 aromatic heterocycles. The molecule has 10 heteroatoms. The molecule has 30 heavy (non-hydrogen) atoms. The van der Waals surface area contributed by atoms with Gasteiger partial charge in [-0.15, -0.1) is 0 Å². The van der Waals surface area contributed by atoms with Crippen LogP contribution >= 0.6 is 0 Å². The number of amides is 1. The lowest BCUT2D eigenvalue weighted by Crippen LogP contribution is -2.47. The largest absolute Gasteiger partial charge is 0.478 e. The number of primary amides is 1. The van der Waals surface area contributed by atoms with Crippen molar-refractivity contribution in [2.24, 2.45) is 5.73 Å². The Labute approximate surface area is 171 Å². The molecule has 0 aliphatic carbocycles. The van der Waals surface area contributed by atoms with Gasteiger partial charge in [0.05, 0.1) is 11.7 Å². The fraction of sp³-hybridized carbons (Fsp3) is 0.400. The zero-order chi connectivity index (χ0) is 22.3. The number of hydrogen-bond donors (Lipinski definition) is 3. The molecule has 0 radical (unpaired) electrons. The van der Waals surface area contributed by atoms with Gasteiger partial charge >= 0.3 is 11.9 Å². The van der Waals surface area contributed by atoms with Gasteiger partial charge in [-0.2, -0.15) is 0 Å². The Morgan fingerprint density at radius 3 is 2.37 bits per heavy atom. The number of rotatable bonds is 6. The van der Waals surface area contributed by atoms with E-state index in [-0.39, 0.29) is 23.7 Å². The van der Waals surface area contributed by atoms with Crippen molar-refractivity contribution in [3.8, 4) is 0 Å². The average molecular weight is 421 g/mol. The van der Waals surface area contributed by atoms with Crippen LogP contribution in [0.15, 0.2) is 34.9 Å². The molecule has 1 saturated heterocycles. The number of aliphatic carboxylic acids is 2. The highest BCUT2D eigenvalue weighted by atomic mass is 19.1. The number of likely N-dealkylation sites (tertiary alicyclic amines) is 1. The van der Waals surface area contributed by atoms with Gasteiger partial charge in [-0.05, 0) is 44.5 Å². The summed E-state index contributed by atoms with van der Waals surface area (Å²) >= 11 is 0. The molecule has 2 aromatic rings.